The smallest absolute Gasteiger partial charge is 0.270 e. The maximum atomic E-state index is 10.8. The molecule has 2 atom stereocenters. The molecule has 8 nitrogen and oxygen atoms in total. The monoisotopic (exact) mass is 255 g/mol. The number of aliphatic hydroxyl groups excluding tert-OH is 2. The first-order chi connectivity index (χ1) is 8.25. The maximum absolute atomic E-state index is 10.8. The third-order valence-corrected chi connectivity index (χ3v) is 2.52. The molecule has 0 fully saturated rings. The molecule has 0 saturated heterocycles. The first-order valence-electron chi connectivity index (χ1n) is 4.95. The maximum Gasteiger partial charge on any atom is 0.270 e. The summed E-state index contributed by atoms with van der Waals surface area (Å²) in [5, 5.41) is 29.7. The molecule has 0 aromatic heterocycles. The topological polar surface area (TPSA) is 153 Å². The molecule has 1 aromatic carbocycles. The van der Waals surface area contributed by atoms with E-state index in [0.717, 1.165) is 6.07 Å². The summed E-state index contributed by atoms with van der Waals surface area (Å²) in [6, 6.07) is 2.22. The van der Waals surface area contributed by atoms with Gasteiger partial charge in [0.05, 0.1) is 4.92 Å². The number of amides is 1. The van der Waals surface area contributed by atoms with E-state index < -0.39 is 23.0 Å². The highest BCUT2D eigenvalue weighted by Crippen LogP contribution is 2.30. The van der Waals surface area contributed by atoms with Crippen molar-refractivity contribution >= 4 is 17.3 Å². The van der Waals surface area contributed by atoms with Gasteiger partial charge in [-0.3, -0.25) is 14.9 Å². The van der Waals surface area contributed by atoms with Crippen molar-refractivity contribution in [2.24, 2.45) is 5.73 Å². The van der Waals surface area contributed by atoms with Crippen LogP contribution >= 0.6 is 0 Å². The third kappa shape index (κ3) is 2.55. The normalized spacial score (nSPS) is 13.9. The van der Waals surface area contributed by atoms with Crippen molar-refractivity contribution in [2.75, 3.05) is 5.73 Å². The lowest BCUT2D eigenvalue weighted by molar-refractivity contribution is -0.385. The summed E-state index contributed by atoms with van der Waals surface area (Å²) in [6.45, 7) is 1.51. The number of carbonyl (C=O) groups excluding carboxylic acids is 1. The van der Waals surface area contributed by atoms with Crippen LogP contribution in [0.3, 0.4) is 0 Å². The summed E-state index contributed by atoms with van der Waals surface area (Å²) in [5.74, 6) is -1.15. The number of aliphatic hydroxyl groups is 2. The average molecular weight is 255 g/mol. The Balaban J connectivity index is 3.30. The summed E-state index contributed by atoms with van der Waals surface area (Å²) < 4.78 is 0. The minimum absolute atomic E-state index is 0.0633. The fourth-order valence-electron chi connectivity index (χ4n) is 1.48. The van der Waals surface area contributed by atoms with Crippen molar-refractivity contribution in [3.63, 3.8) is 0 Å². The van der Waals surface area contributed by atoms with Crippen LogP contribution in [0.1, 0.15) is 17.2 Å². The number of hydrogen-bond acceptors (Lipinski definition) is 6. The van der Waals surface area contributed by atoms with Crippen LogP contribution in [-0.2, 0) is 4.79 Å². The zero-order valence-electron chi connectivity index (χ0n) is 9.53. The van der Waals surface area contributed by atoms with E-state index >= 15 is 0 Å². The summed E-state index contributed by atoms with van der Waals surface area (Å²) in [6.07, 6.45) is -3.59. The molecule has 0 saturated carbocycles. The Bertz CT molecular complexity index is 503. The second kappa shape index (κ2) is 4.98. The predicted molar refractivity (Wildman–Crippen MR) is 62.4 cm³/mol. The van der Waals surface area contributed by atoms with Crippen molar-refractivity contribution < 1.29 is 19.9 Å². The first kappa shape index (κ1) is 13.9. The lowest BCUT2D eigenvalue weighted by atomic mass is 9.98. The number of anilines is 1. The largest absolute Gasteiger partial charge is 0.398 e. The molecule has 0 aliphatic carbocycles. The average Bonchev–Trinajstić information content (AvgIpc) is 2.30. The van der Waals surface area contributed by atoms with Crippen LogP contribution in [0.15, 0.2) is 12.1 Å². The number of nitrogens with two attached hydrogens (primary N) is 2. The Morgan fingerprint density at radius 2 is 2.00 bits per heavy atom. The molecule has 0 radical (unpaired) electrons. The molecule has 6 N–H and O–H groups in total. The van der Waals surface area contributed by atoms with Gasteiger partial charge in [-0.15, -0.1) is 0 Å². The van der Waals surface area contributed by atoms with Crippen molar-refractivity contribution in [3.8, 4) is 0 Å². The number of nitrogens with zero attached hydrogens (tertiary/aromatic N) is 1. The van der Waals surface area contributed by atoms with Crippen molar-refractivity contribution in [1.29, 1.82) is 0 Å². The second-order valence-corrected chi connectivity index (χ2v) is 3.81. The van der Waals surface area contributed by atoms with E-state index in [0.29, 0.717) is 5.56 Å². The fourth-order valence-corrected chi connectivity index (χ4v) is 1.48. The first-order valence-corrected chi connectivity index (χ1v) is 4.95. The Kier molecular flexibility index (Phi) is 3.84. The van der Waals surface area contributed by atoms with E-state index in [-0.39, 0.29) is 16.9 Å². The SMILES string of the molecule is Cc1cc([N+](=O)[O-])cc(C(O)C(O)C(N)=O)c1N. The molecule has 0 heterocycles. The summed E-state index contributed by atoms with van der Waals surface area (Å²) in [7, 11) is 0. The quantitative estimate of drug-likeness (QED) is 0.319. The van der Waals surface area contributed by atoms with E-state index in [4.69, 9.17) is 11.5 Å². The standard InChI is InChI=1S/C10H13N3O5/c1-4-2-5(13(17)18)3-6(7(4)11)8(14)9(15)10(12)16/h2-3,8-9,14-15H,11H2,1H3,(H2,12,16). The summed E-state index contributed by atoms with van der Waals surface area (Å²) in [4.78, 5) is 20.8. The van der Waals surface area contributed by atoms with E-state index in [2.05, 4.69) is 0 Å². The van der Waals surface area contributed by atoms with E-state index in [9.17, 15) is 25.1 Å². The zero-order valence-corrected chi connectivity index (χ0v) is 9.53. The number of carbonyl (C=O) groups is 1. The van der Waals surface area contributed by atoms with Gasteiger partial charge in [-0.05, 0) is 12.5 Å². The molecule has 18 heavy (non-hydrogen) atoms. The van der Waals surface area contributed by atoms with Crippen LogP contribution in [0.5, 0.6) is 0 Å². The minimum atomic E-state index is -1.88. The Labute approximate surface area is 102 Å². The highest BCUT2D eigenvalue weighted by Gasteiger charge is 2.27. The van der Waals surface area contributed by atoms with Crippen LogP contribution in [0.2, 0.25) is 0 Å². The molecule has 0 bridgehead atoms. The van der Waals surface area contributed by atoms with Gasteiger partial charge in [0.2, 0.25) is 5.91 Å². The van der Waals surface area contributed by atoms with Gasteiger partial charge >= 0.3 is 0 Å². The van der Waals surface area contributed by atoms with Crippen LogP contribution in [-0.4, -0.2) is 27.1 Å². The molecular weight excluding hydrogens is 242 g/mol. The van der Waals surface area contributed by atoms with Gasteiger partial charge in [-0.25, -0.2) is 0 Å². The molecule has 0 spiro atoms. The summed E-state index contributed by atoms with van der Waals surface area (Å²) >= 11 is 0. The number of benzene rings is 1. The van der Waals surface area contributed by atoms with Gasteiger partial charge in [0.25, 0.3) is 5.69 Å². The molecule has 0 aliphatic heterocycles. The molecular formula is C10H13N3O5. The highest BCUT2D eigenvalue weighted by atomic mass is 16.6. The number of hydrogen-bond donors (Lipinski definition) is 4. The number of nitrogen functional groups attached to an aromatic ring is 1. The number of rotatable bonds is 4. The number of non-ortho nitro benzene ring substituents is 1. The molecule has 0 aliphatic rings. The lowest BCUT2D eigenvalue weighted by Crippen LogP contribution is -2.34. The number of nitro groups is 1. The van der Waals surface area contributed by atoms with Gasteiger partial charge in [0, 0.05) is 23.4 Å². The van der Waals surface area contributed by atoms with Crippen LogP contribution in [0, 0.1) is 17.0 Å². The third-order valence-electron chi connectivity index (χ3n) is 2.52. The van der Waals surface area contributed by atoms with Gasteiger partial charge in [0.1, 0.15) is 6.10 Å². The van der Waals surface area contributed by atoms with Gasteiger partial charge in [-0.1, -0.05) is 0 Å². The number of aryl methyl sites for hydroxylation is 1. The molecule has 1 rings (SSSR count). The second-order valence-electron chi connectivity index (χ2n) is 3.81. The molecule has 1 aromatic rings. The Morgan fingerprint density at radius 1 is 1.44 bits per heavy atom. The van der Waals surface area contributed by atoms with Gasteiger partial charge < -0.3 is 21.7 Å². The zero-order chi connectivity index (χ0) is 14.0. The predicted octanol–water partition coefficient (Wildman–Crippen LogP) is -0.635. The van der Waals surface area contributed by atoms with E-state index in [1.54, 1.807) is 0 Å². The van der Waals surface area contributed by atoms with Crippen LogP contribution in [0.25, 0.3) is 0 Å². The minimum Gasteiger partial charge on any atom is -0.398 e. The molecule has 2 unspecified atom stereocenters. The number of nitro benzene ring substituents is 1. The van der Waals surface area contributed by atoms with Crippen molar-refractivity contribution in [2.45, 2.75) is 19.1 Å². The van der Waals surface area contributed by atoms with Crippen molar-refractivity contribution in [3.05, 3.63) is 33.4 Å². The molecule has 1 amide bonds. The van der Waals surface area contributed by atoms with E-state index in [1.807, 2.05) is 0 Å². The van der Waals surface area contributed by atoms with Gasteiger partial charge in [0.15, 0.2) is 6.10 Å². The van der Waals surface area contributed by atoms with Gasteiger partial charge in [-0.2, -0.15) is 0 Å². The Morgan fingerprint density at radius 3 is 2.44 bits per heavy atom. The Hall–Kier alpha value is -2.19. The lowest BCUT2D eigenvalue weighted by Gasteiger charge is -2.17. The molecule has 98 valence electrons. The van der Waals surface area contributed by atoms with Crippen LogP contribution < -0.4 is 11.5 Å². The fraction of sp³-hybridized carbons (Fsp3) is 0.300. The highest BCUT2D eigenvalue weighted by molar-refractivity contribution is 5.80. The molecule has 8 heteroatoms. The summed E-state index contributed by atoms with van der Waals surface area (Å²) in [5.41, 5.74) is 10.5. The van der Waals surface area contributed by atoms with E-state index in [1.165, 1.54) is 13.0 Å². The van der Waals surface area contributed by atoms with Crippen molar-refractivity contribution in [1.82, 2.24) is 0 Å². The number of primary amides is 1. The van der Waals surface area contributed by atoms with Crippen LogP contribution in [0.4, 0.5) is 11.4 Å².